The van der Waals surface area contributed by atoms with E-state index in [1.165, 1.54) is 0 Å². The Hall–Kier alpha value is -2.19. The van der Waals surface area contributed by atoms with Gasteiger partial charge in [0, 0.05) is 52.5 Å². The van der Waals surface area contributed by atoms with Crippen LogP contribution in [0.1, 0.15) is 5.56 Å². The summed E-state index contributed by atoms with van der Waals surface area (Å²) in [7, 11) is 4.01. The van der Waals surface area contributed by atoms with Gasteiger partial charge in [-0.05, 0) is 17.7 Å². The first-order valence-corrected chi connectivity index (χ1v) is 7.55. The van der Waals surface area contributed by atoms with Crippen LogP contribution in [0.4, 0.5) is 10.5 Å². The Labute approximate surface area is 132 Å². The number of urea groups is 1. The Morgan fingerprint density at radius 2 is 2.05 bits per heavy atom. The van der Waals surface area contributed by atoms with Crippen LogP contribution in [0.3, 0.4) is 0 Å². The summed E-state index contributed by atoms with van der Waals surface area (Å²) in [5.74, 6) is 2.65. The molecule has 0 aliphatic carbocycles. The fraction of sp³-hybridized carbons (Fsp3) is 0.471. The summed E-state index contributed by atoms with van der Waals surface area (Å²) in [5, 5.41) is 2.99. The maximum atomic E-state index is 12.2. The van der Waals surface area contributed by atoms with Gasteiger partial charge in [-0.25, -0.2) is 4.79 Å². The Kier molecular flexibility index (Phi) is 5.68. The molecular weight excluding hydrogens is 276 g/mol. The molecule has 0 spiro atoms. The van der Waals surface area contributed by atoms with Crippen molar-refractivity contribution in [1.82, 2.24) is 15.1 Å². The highest BCUT2D eigenvalue weighted by Gasteiger charge is 2.20. The van der Waals surface area contributed by atoms with E-state index >= 15 is 0 Å². The Morgan fingerprint density at radius 1 is 1.32 bits per heavy atom. The van der Waals surface area contributed by atoms with E-state index < -0.39 is 0 Å². The molecule has 1 N–H and O–H groups in total. The van der Waals surface area contributed by atoms with Gasteiger partial charge < -0.3 is 15.1 Å². The third kappa shape index (κ3) is 4.40. The van der Waals surface area contributed by atoms with Crippen molar-refractivity contribution >= 4 is 11.7 Å². The van der Waals surface area contributed by atoms with Crippen molar-refractivity contribution in [3.05, 3.63) is 29.8 Å². The molecule has 118 valence electrons. The minimum Gasteiger partial charge on any atom is -0.378 e. The van der Waals surface area contributed by atoms with Crippen molar-refractivity contribution in [1.29, 1.82) is 0 Å². The van der Waals surface area contributed by atoms with E-state index in [4.69, 9.17) is 6.42 Å². The number of amides is 2. The molecule has 1 aliphatic rings. The normalized spacial score (nSPS) is 15.2. The van der Waals surface area contributed by atoms with Crippen LogP contribution in [0.25, 0.3) is 0 Å². The van der Waals surface area contributed by atoms with Crippen LogP contribution in [-0.2, 0) is 6.54 Å². The summed E-state index contributed by atoms with van der Waals surface area (Å²) in [4.78, 5) is 18.3. The lowest BCUT2D eigenvalue weighted by Gasteiger charge is -2.33. The standard InChI is InChI=1S/C17H24N4O/c1-4-8-20-9-11-21(12-10-20)17(22)18-14-15-6-5-7-16(13-15)19(2)3/h1,5-7,13H,8-12,14H2,2-3H3,(H,18,22). The number of anilines is 1. The number of carbonyl (C=O) groups excluding carboxylic acids is 1. The quantitative estimate of drug-likeness (QED) is 0.850. The smallest absolute Gasteiger partial charge is 0.317 e. The van der Waals surface area contributed by atoms with Crippen molar-refractivity contribution in [3.63, 3.8) is 0 Å². The topological polar surface area (TPSA) is 38.8 Å². The van der Waals surface area contributed by atoms with E-state index in [9.17, 15) is 4.79 Å². The molecule has 1 heterocycles. The maximum Gasteiger partial charge on any atom is 0.317 e. The highest BCUT2D eigenvalue weighted by molar-refractivity contribution is 5.74. The Bertz CT molecular complexity index is 542. The average molecular weight is 300 g/mol. The molecule has 2 amide bonds. The van der Waals surface area contributed by atoms with E-state index in [2.05, 4.69) is 33.2 Å². The van der Waals surface area contributed by atoms with Gasteiger partial charge >= 0.3 is 6.03 Å². The number of nitrogens with one attached hydrogen (secondary N) is 1. The first-order chi connectivity index (χ1) is 10.6. The molecule has 0 atom stereocenters. The van der Waals surface area contributed by atoms with Gasteiger partial charge in [-0.1, -0.05) is 18.1 Å². The Balaban J connectivity index is 1.81. The second-order valence-corrected chi connectivity index (χ2v) is 5.69. The predicted molar refractivity (Wildman–Crippen MR) is 89.9 cm³/mol. The zero-order valence-electron chi connectivity index (χ0n) is 13.4. The van der Waals surface area contributed by atoms with Crippen LogP contribution in [0, 0.1) is 12.3 Å². The first kappa shape index (κ1) is 16.2. The number of carbonyl (C=O) groups is 1. The largest absolute Gasteiger partial charge is 0.378 e. The molecule has 1 fully saturated rings. The number of nitrogens with zero attached hydrogens (tertiary/aromatic N) is 3. The van der Waals surface area contributed by atoms with Gasteiger partial charge in [0.1, 0.15) is 0 Å². The third-order valence-corrected chi connectivity index (χ3v) is 3.85. The molecule has 22 heavy (non-hydrogen) atoms. The minimum absolute atomic E-state index is 0.00406. The van der Waals surface area contributed by atoms with Crippen molar-refractivity contribution in [2.24, 2.45) is 0 Å². The van der Waals surface area contributed by atoms with Gasteiger partial charge in [0.15, 0.2) is 0 Å². The molecule has 1 aromatic carbocycles. The number of benzene rings is 1. The molecule has 0 bridgehead atoms. The van der Waals surface area contributed by atoms with Crippen molar-refractivity contribution < 1.29 is 4.79 Å². The van der Waals surface area contributed by atoms with E-state index in [0.29, 0.717) is 13.1 Å². The number of rotatable bonds is 4. The minimum atomic E-state index is -0.00406. The summed E-state index contributed by atoms with van der Waals surface area (Å²) in [6.45, 7) is 4.34. The lowest BCUT2D eigenvalue weighted by Crippen LogP contribution is -2.51. The highest BCUT2D eigenvalue weighted by Crippen LogP contribution is 2.13. The van der Waals surface area contributed by atoms with Gasteiger partial charge in [0.25, 0.3) is 0 Å². The van der Waals surface area contributed by atoms with Gasteiger partial charge in [0.2, 0.25) is 0 Å². The number of piperazine rings is 1. The second-order valence-electron chi connectivity index (χ2n) is 5.69. The molecule has 0 saturated carbocycles. The zero-order chi connectivity index (χ0) is 15.9. The summed E-state index contributed by atoms with van der Waals surface area (Å²) < 4.78 is 0. The van der Waals surface area contributed by atoms with E-state index in [0.717, 1.165) is 37.4 Å². The molecular formula is C17H24N4O. The summed E-state index contributed by atoms with van der Waals surface area (Å²) in [5.41, 5.74) is 2.24. The zero-order valence-corrected chi connectivity index (χ0v) is 13.4. The Morgan fingerprint density at radius 3 is 2.68 bits per heavy atom. The van der Waals surface area contributed by atoms with Gasteiger partial charge in [-0.15, -0.1) is 6.42 Å². The van der Waals surface area contributed by atoms with E-state index in [1.54, 1.807) is 0 Å². The van der Waals surface area contributed by atoms with Gasteiger partial charge in [-0.2, -0.15) is 0 Å². The fourth-order valence-electron chi connectivity index (χ4n) is 2.47. The molecule has 1 aliphatic heterocycles. The highest BCUT2D eigenvalue weighted by atomic mass is 16.2. The molecule has 5 heteroatoms. The lowest BCUT2D eigenvalue weighted by molar-refractivity contribution is 0.147. The van der Waals surface area contributed by atoms with E-state index in [-0.39, 0.29) is 6.03 Å². The van der Waals surface area contributed by atoms with Crippen LogP contribution in [0.2, 0.25) is 0 Å². The molecule has 0 radical (unpaired) electrons. The monoisotopic (exact) mass is 300 g/mol. The number of hydrogen-bond acceptors (Lipinski definition) is 3. The molecule has 1 aromatic rings. The van der Waals surface area contributed by atoms with Crippen LogP contribution in [-0.4, -0.2) is 62.7 Å². The summed E-state index contributed by atoms with van der Waals surface area (Å²) in [6.07, 6.45) is 5.31. The maximum absolute atomic E-state index is 12.2. The first-order valence-electron chi connectivity index (χ1n) is 7.55. The van der Waals surface area contributed by atoms with Gasteiger partial charge in [0.05, 0.1) is 6.54 Å². The predicted octanol–water partition coefficient (Wildman–Crippen LogP) is 1.21. The molecule has 5 nitrogen and oxygen atoms in total. The average Bonchev–Trinajstić information content (AvgIpc) is 2.54. The van der Waals surface area contributed by atoms with Crippen LogP contribution >= 0.6 is 0 Å². The molecule has 0 unspecified atom stereocenters. The van der Waals surface area contributed by atoms with Crippen molar-refractivity contribution in [2.75, 3.05) is 51.7 Å². The number of terminal acetylenes is 1. The third-order valence-electron chi connectivity index (χ3n) is 3.85. The second kappa shape index (κ2) is 7.71. The summed E-state index contributed by atoms with van der Waals surface area (Å²) >= 11 is 0. The number of hydrogen-bond donors (Lipinski definition) is 1. The van der Waals surface area contributed by atoms with Gasteiger partial charge in [-0.3, -0.25) is 4.90 Å². The molecule has 2 rings (SSSR count). The van der Waals surface area contributed by atoms with E-state index in [1.807, 2.05) is 31.1 Å². The lowest BCUT2D eigenvalue weighted by atomic mass is 10.2. The van der Waals surface area contributed by atoms with Crippen LogP contribution < -0.4 is 10.2 Å². The van der Waals surface area contributed by atoms with Crippen molar-refractivity contribution in [2.45, 2.75) is 6.54 Å². The molecule has 1 saturated heterocycles. The SMILES string of the molecule is C#CCN1CCN(C(=O)NCc2cccc(N(C)C)c2)CC1. The fourth-order valence-corrected chi connectivity index (χ4v) is 2.47. The summed E-state index contributed by atoms with van der Waals surface area (Å²) in [6, 6.07) is 8.17. The van der Waals surface area contributed by atoms with Crippen LogP contribution in [0.5, 0.6) is 0 Å². The van der Waals surface area contributed by atoms with Crippen LogP contribution in [0.15, 0.2) is 24.3 Å². The molecule has 0 aromatic heterocycles. The van der Waals surface area contributed by atoms with Crippen molar-refractivity contribution in [3.8, 4) is 12.3 Å².